The number of amides is 2. The molecular weight excluding hydrogens is 334 g/mol. The summed E-state index contributed by atoms with van der Waals surface area (Å²) in [6, 6.07) is 12.1. The maximum atomic E-state index is 12.1. The fourth-order valence-electron chi connectivity index (χ4n) is 1.59. The van der Waals surface area contributed by atoms with Gasteiger partial charge in [0.15, 0.2) is 0 Å². The molecule has 0 aliphatic rings. The van der Waals surface area contributed by atoms with E-state index in [-0.39, 0.29) is 11.8 Å². The molecule has 6 heteroatoms. The molecule has 0 aliphatic carbocycles. The lowest BCUT2D eigenvalue weighted by Gasteiger charge is -2.07. The van der Waals surface area contributed by atoms with E-state index in [1.807, 2.05) is 0 Å². The molecule has 0 spiro atoms. The first-order valence-corrected chi connectivity index (χ1v) is 7.21. The van der Waals surface area contributed by atoms with Crippen LogP contribution in [-0.4, -0.2) is 16.8 Å². The summed E-state index contributed by atoms with van der Waals surface area (Å²) >= 11 is 3.32. The Morgan fingerprint density at radius 3 is 2.29 bits per heavy atom. The second-order valence-electron chi connectivity index (χ2n) is 4.27. The molecule has 2 amide bonds. The van der Waals surface area contributed by atoms with E-state index in [1.54, 1.807) is 49.4 Å². The molecule has 2 rings (SSSR count). The minimum atomic E-state index is -0.256. The number of anilines is 2. The summed E-state index contributed by atoms with van der Waals surface area (Å²) in [5.41, 5.74) is 0.531. The molecule has 0 radical (unpaired) electrons. The SMILES string of the molecule is CCC(=O)Nc1cccc(NC(=O)c2ccc(Br)cc2)n1. The highest BCUT2D eigenvalue weighted by Crippen LogP contribution is 2.13. The van der Waals surface area contributed by atoms with Crippen LogP contribution in [0.1, 0.15) is 23.7 Å². The molecule has 1 aromatic carbocycles. The topological polar surface area (TPSA) is 71.1 Å². The Labute approximate surface area is 130 Å². The van der Waals surface area contributed by atoms with Gasteiger partial charge >= 0.3 is 0 Å². The van der Waals surface area contributed by atoms with Gasteiger partial charge in [-0.15, -0.1) is 0 Å². The van der Waals surface area contributed by atoms with Gasteiger partial charge < -0.3 is 10.6 Å². The van der Waals surface area contributed by atoms with Crippen LogP contribution >= 0.6 is 15.9 Å². The summed E-state index contributed by atoms with van der Waals surface area (Å²) in [4.78, 5) is 27.6. The average molecular weight is 348 g/mol. The zero-order valence-electron chi connectivity index (χ0n) is 11.4. The van der Waals surface area contributed by atoms with E-state index in [0.717, 1.165) is 4.47 Å². The molecule has 0 bridgehead atoms. The third-order valence-corrected chi connectivity index (χ3v) is 3.21. The summed E-state index contributed by atoms with van der Waals surface area (Å²) in [6.45, 7) is 1.76. The molecule has 108 valence electrons. The van der Waals surface area contributed by atoms with Crippen LogP contribution < -0.4 is 10.6 Å². The second kappa shape index (κ2) is 6.99. The lowest BCUT2D eigenvalue weighted by Crippen LogP contribution is -2.15. The first-order chi connectivity index (χ1) is 10.1. The molecule has 2 aromatic rings. The zero-order chi connectivity index (χ0) is 15.2. The van der Waals surface area contributed by atoms with E-state index in [4.69, 9.17) is 0 Å². The van der Waals surface area contributed by atoms with E-state index in [0.29, 0.717) is 23.6 Å². The molecule has 0 saturated heterocycles. The van der Waals surface area contributed by atoms with Crippen LogP contribution in [-0.2, 0) is 4.79 Å². The van der Waals surface area contributed by atoms with Gasteiger partial charge in [-0.05, 0) is 36.4 Å². The van der Waals surface area contributed by atoms with Crippen molar-refractivity contribution in [3.8, 4) is 0 Å². The Morgan fingerprint density at radius 1 is 1.05 bits per heavy atom. The summed E-state index contributed by atoms with van der Waals surface area (Å²) in [5, 5.41) is 5.34. The third-order valence-electron chi connectivity index (χ3n) is 2.69. The average Bonchev–Trinajstić information content (AvgIpc) is 2.48. The lowest BCUT2D eigenvalue weighted by molar-refractivity contribution is -0.115. The van der Waals surface area contributed by atoms with E-state index >= 15 is 0 Å². The van der Waals surface area contributed by atoms with Crippen molar-refractivity contribution < 1.29 is 9.59 Å². The van der Waals surface area contributed by atoms with E-state index < -0.39 is 0 Å². The number of hydrogen-bond donors (Lipinski definition) is 2. The van der Waals surface area contributed by atoms with Crippen LogP contribution in [0.3, 0.4) is 0 Å². The largest absolute Gasteiger partial charge is 0.311 e. The number of hydrogen-bond acceptors (Lipinski definition) is 3. The number of pyridine rings is 1. The zero-order valence-corrected chi connectivity index (χ0v) is 13.0. The Kier molecular flexibility index (Phi) is 5.05. The van der Waals surface area contributed by atoms with Crippen molar-refractivity contribution >= 4 is 39.4 Å². The van der Waals surface area contributed by atoms with Gasteiger partial charge in [-0.1, -0.05) is 28.9 Å². The van der Waals surface area contributed by atoms with Gasteiger partial charge in [0, 0.05) is 16.5 Å². The van der Waals surface area contributed by atoms with Gasteiger partial charge in [0.05, 0.1) is 0 Å². The molecule has 0 aliphatic heterocycles. The third kappa shape index (κ3) is 4.39. The number of carbonyl (C=O) groups is 2. The fraction of sp³-hybridized carbons (Fsp3) is 0.133. The predicted molar refractivity (Wildman–Crippen MR) is 85.3 cm³/mol. The van der Waals surface area contributed by atoms with Crippen molar-refractivity contribution in [2.45, 2.75) is 13.3 Å². The summed E-state index contributed by atoms with van der Waals surface area (Å²) < 4.78 is 0.904. The van der Waals surface area contributed by atoms with Gasteiger partial charge in [0.2, 0.25) is 5.91 Å². The summed E-state index contributed by atoms with van der Waals surface area (Å²) in [7, 11) is 0. The minimum Gasteiger partial charge on any atom is -0.311 e. The molecule has 0 unspecified atom stereocenters. The molecule has 1 heterocycles. The highest BCUT2D eigenvalue weighted by atomic mass is 79.9. The first kappa shape index (κ1) is 15.2. The fourth-order valence-corrected chi connectivity index (χ4v) is 1.86. The number of carbonyl (C=O) groups excluding carboxylic acids is 2. The van der Waals surface area contributed by atoms with Crippen LogP contribution in [0.4, 0.5) is 11.6 Å². The Hall–Kier alpha value is -2.21. The summed E-state index contributed by atoms with van der Waals surface area (Å²) in [5.74, 6) is 0.417. The Morgan fingerprint density at radius 2 is 1.67 bits per heavy atom. The van der Waals surface area contributed by atoms with Crippen molar-refractivity contribution in [3.05, 3.63) is 52.5 Å². The standard InChI is InChI=1S/C15H14BrN3O2/c1-2-14(20)18-12-4-3-5-13(17-12)19-15(21)10-6-8-11(16)9-7-10/h3-9H,2H2,1H3,(H2,17,18,19,20,21). The van der Waals surface area contributed by atoms with Crippen molar-refractivity contribution in [2.75, 3.05) is 10.6 Å². The van der Waals surface area contributed by atoms with E-state index in [9.17, 15) is 9.59 Å². The molecule has 1 aromatic heterocycles. The predicted octanol–water partition coefficient (Wildman–Crippen LogP) is 3.44. The van der Waals surface area contributed by atoms with Crippen LogP contribution in [0.25, 0.3) is 0 Å². The van der Waals surface area contributed by atoms with Crippen molar-refractivity contribution in [2.24, 2.45) is 0 Å². The number of aromatic nitrogens is 1. The van der Waals surface area contributed by atoms with Crippen molar-refractivity contribution in [1.29, 1.82) is 0 Å². The molecular formula is C15H14BrN3O2. The quantitative estimate of drug-likeness (QED) is 0.889. The Balaban J connectivity index is 2.08. The molecule has 0 saturated carbocycles. The van der Waals surface area contributed by atoms with Gasteiger partial charge in [-0.3, -0.25) is 9.59 Å². The number of nitrogens with zero attached hydrogens (tertiary/aromatic N) is 1. The molecule has 2 N–H and O–H groups in total. The monoisotopic (exact) mass is 347 g/mol. The van der Waals surface area contributed by atoms with Crippen LogP contribution in [0.2, 0.25) is 0 Å². The second-order valence-corrected chi connectivity index (χ2v) is 5.19. The van der Waals surface area contributed by atoms with Gasteiger partial charge in [0.25, 0.3) is 5.91 Å². The molecule has 0 atom stereocenters. The number of nitrogens with one attached hydrogen (secondary N) is 2. The molecule has 21 heavy (non-hydrogen) atoms. The van der Waals surface area contributed by atoms with Crippen molar-refractivity contribution in [1.82, 2.24) is 4.98 Å². The first-order valence-electron chi connectivity index (χ1n) is 6.42. The number of benzene rings is 1. The Bertz CT molecular complexity index is 656. The highest BCUT2D eigenvalue weighted by molar-refractivity contribution is 9.10. The maximum absolute atomic E-state index is 12.1. The minimum absolute atomic E-state index is 0.126. The lowest BCUT2D eigenvalue weighted by atomic mass is 10.2. The normalized spacial score (nSPS) is 10.0. The number of rotatable bonds is 4. The summed E-state index contributed by atoms with van der Waals surface area (Å²) in [6.07, 6.45) is 0.372. The van der Waals surface area contributed by atoms with Crippen LogP contribution in [0, 0.1) is 0 Å². The smallest absolute Gasteiger partial charge is 0.256 e. The maximum Gasteiger partial charge on any atom is 0.256 e. The van der Waals surface area contributed by atoms with Gasteiger partial charge in [0.1, 0.15) is 11.6 Å². The molecule has 5 nitrogen and oxygen atoms in total. The highest BCUT2D eigenvalue weighted by Gasteiger charge is 2.07. The molecule has 0 fully saturated rings. The van der Waals surface area contributed by atoms with Gasteiger partial charge in [-0.25, -0.2) is 4.98 Å². The van der Waals surface area contributed by atoms with Crippen LogP contribution in [0.5, 0.6) is 0 Å². The van der Waals surface area contributed by atoms with E-state index in [2.05, 4.69) is 31.5 Å². The number of halogens is 1. The van der Waals surface area contributed by atoms with Gasteiger partial charge in [-0.2, -0.15) is 0 Å². The van der Waals surface area contributed by atoms with Crippen LogP contribution in [0.15, 0.2) is 46.9 Å². The van der Waals surface area contributed by atoms with E-state index in [1.165, 1.54) is 0 Å². The van der Waals surface area contributed by atoms with Crippen molar-refractivity contribution in [3.63, 3.8) is 0 Å².